The molecule has 1 aromatic heterocycles. The number of amides is 1. The maximum Gasteiger partial charge on any atom is 0.269 e. The molecule has 0 fully saturated rings. The number of ether oxygens (including phenoxy) is 2. The quantitative estimate of drug-likeness (QED) is 0.445. The van der Waals surface area contributed by atoms with Gasteiger partial charge in [0.1, 0.15) is 23.9 Å². The van der Waals surface area contributed by atoms with Crippen LogP contribution in [-0.2, 0) is 4.79 Å². The van der Waals surface area contributed by atoms with E-state index >= 15 is 0 Å². The van der Waals surface area contributed by atoms with Crippen LogP contribution in [0.5, 0.6) is 11.5 Å². The van der Waals surface area contributed by atoms with Crippen LogP contribution in [0.1, 0.15) is 18.5 Å². The molecule has 0 radical (unpaired) electrons. The van der Waals surface area contributed by atoms with E-state index in [0.717, 1.165) is 0 Å². The molecule has 0 saturated heterocycles. The molecule has 0 saturated carbocycles. The van der Waals surface area contributed by atoms with Crippen LogP contribution in [-0.4, -0.2) is 39.8 Å². The van der Waals surface area contributed by atoms with Gasteiger partial charge >= 0.3 is 0 Å². The van der Waals surface area contributed by atoms with Gasteiger partial charge in [-0.25, -0.2) is 4.68 Å². The molecular weight excluding hydrogens is 416 g/mol. The van der Waals surface area contributed by atoms with E-state index in [1.165, 1.54) is 25.6 Å². The summed E-state index contributed by atoms with van der Waals surface area (Å²) in [5.74, 6) is 1.10. The molecule has 0 spiro atoms. The number of hydrogen-bond donors (Lipinski definition) is 2. The van der Waals surface area contributed by atoms with Crippen molar-refractivity contribution in [2.24, 2.45) is 0 Å². The summed E-state index contributed by atoms with van der Waals surface area (Å²) in [4.78, 5) is 28.2. The highest BCUT2D eigenvalue weighted by atomic mass is 16.6. The number of non-ortho nitro benzene ring substituents is 1. The Labute approximate surface area is 182 Å². The van der Waals surface area contributed by atoms with Crippen molar-refractivity contribution in [2.45, 2.75) is 13.0 Å². The molecule has 2 aromatic carbocycles. The number of nitrogens with one attached hydrogen (secondary N) is 2. The lowest BCUT2D eigenvalue weighted by Gasteiger charge is -2.28. The predicted octanol–water partition coefficient (Wildman–Crippen LogP) is 3.13. The highest BCUT2D eigenvalue weighted by Gasteiger charge is 2.34. The molecule has 1 amide bonds. The van der Waals surface area contributed by atoms with Gasteiger partial charge in [-0.1, -0.05) is 0 Å². The first-order valence-corrected chi connectivity index (χ1v) is 9.58. The minimum Gasteiger partial charge on any atom is -0.497 e. The number of nitrogens with zero attached hydrogens (tertiary/aromatic N) is 4. The summed E-state index contributed by atoms with van der Waals surface area (Å²) in [5, 5.41) is 21.3. The Morgan fingerprint density at radius 1 is 1.19 bits per heavy atom. The normalized spacial score (nSPS) is 14.9. The Kier molecular flexibility index (Phi) is 5.46. The second kappa shape index (κ2) is 8.38. The van der Waals surface area contributed by atoms with E-state index in [-0.39, 0.29) is 11.6 Å². The van der Waals surface area contributed by atoms with Gasteiger partial charge in [-0.2, -0.15) is 10.1 Å². The fourth-order valence-electron chi connectivity index (χ4n) is 3.56. The summed E-state index contributed by atoms with van der Waals surface area (Å²) < 4.78 is 12.1. The van der Waals surface area contributed by atoms with Crippen LogP contribution in [0.3, 0.4) is 0 Å². The second-order valence-corrected chi connectivity index (χ2v) is 6.96. The van der Waals surface area contributed by atoms with Crippen LogP contribution in [0.25, 0.3) is 0 Å². The van der Waals surface area contributed by atoms with Crippen molar-refractivity contribution >= 4 is 23.2 Å². The third-order valence-electron chi connectivity index (χ3n) is 5.12. The Morgan fingerprint density at radius 3 is 2.59 bits per heavy atom. The maximum absolute atomic E-state index is 13.4. The van der Waals surface area contributed by atoms with Gasteiger partial charge in [0.05, 0.1) is 30.4 Å². The fraction of sp³-hybridized carbons (Fsp3) is 0.190. The Bertz CT molecular complexity index is 1220. The molecule has 32 heavy (non-hydrogen) atoms. The van der Waals surface area contributed by atoms with Gasteiger partial charge in [-0.15, -0.1) is 0 Å². The number of nitro groups is 1. The third-order valence-corrected chi connectivity index (χ3v) is 5.12. The molecular formula is C21H20N6O5. The standard InChI is InChI=1S/C21H20N6O5/c1-12-18(20(28)25-16-9-8-15(31-2)10-17(16)32-3)19(26-21(24-12)22-11-23-26)13-4-6-14(7-5-13)27(29)30/h4-11,19H,1-3H3,(H,25,28)(H,22,23,24)/t19-/m0/s1. The van der Waals surface area contributed by atoms with Crippen molar-refractivity contribution in [1.29, 1.82) is 0 Å². The number of carbonyl (C=O) groups excluding carboxylic acids is 1. The summed E-state index contributed by atoms with van der Waals surface area (Å²) in [6.45, 7) is 1.76. The van der Waals surface area contributed by atoms with E-state index in [9.17, 15) is 14.9 Å². The monoisotopic (exact) mass is 436 g/mol. The largest absolute Gasteiger partial charge is 0.497 e. The topological polar surface area (TPSA) is 133 Å². The molecule has 3 aromatic rings. The third kappa shape index (κ3) is 3.71. The molecule has 11 heteroatoms. The molecule has 1 aliphatic rings. The fourth-order valence-corrected chi connectivity index (χ4v) is 3.56. The van der Waals surface area contributed by atoms with E-state index < -0.39 is 11.0 Å². The first-order chi connectivity index (χ1) is 15.4. The van der Waals surface area contributed by atoms with Crippen molar-refractivity contribution in [2.75, 3.05) is 24.9 Å². The number of benzene rings is 2. The molecule has 1 atom stereocenters. The van der Waals surface area contributed by atoms with Gasteiger partial charge in [-0.05, 0) is 36.8 Å². The predicted molar refractivity (Wildman–Crippen MR) is 116 cm³/mol. The minimum atomic E-state index is -0.640. The van der Waals surface area contributed by atoms with Crippen LogP contribution < -0.4 is 20.1 Å². The number of hydrogen-bond acceptors (Lipinski definition) is 8. The maximum atomic E-state index is 13.4. The highest BCUT2D eigenvalue weighted by molar-refractivity contribution is 6.06. The number of rotatable bonds is 6. The van der Waals surface area contributed by atoms with Gasteiger partial charge in [0.15, 0.2) is 0 Å². The highest BCUT2D eigenvalue weighted by Crippen LogP contribution is 2.37. The van der Waals surface area contributed by atoms with Crippen LogP contribution in [0.2, 0.25) is 0 Å². The average Bonchev–Trinajstić information content (AvgIpc) is 3.26. The zero-order valence-corrected chi connectivity index (χ0v) is 17.5. The van der Waals surface area contributed by atoms with Gasteiger partial charge in [0.2, 0.25) is 5.95 Å². The van der Waals surface area contributed by atoms with Crippen molar-refractivity contribution in [3.8, 4) is 11.5 Å². The van der Waals surface area contributed by atoms with E-state index in [1.54, 1.807) is 49.0 Å². The van der Waals surface area contributed by atoms with Crippen molar-refractivity contribution in [3.63, 3.8) is 0 Å². The molecule has 2 heterocycles. The SMILES string of the molecule is COc1ccc(NC(=O)C2=C(C)Nc3ncnn3[C@H]2c2ccc([N+](=O)[O-])cc2)c(OC)c1. The lowest BCUT2D eigenvalue weighted by molar-refractivity contribution is -0.384. The number of anilines is 2. The van der Waals surface area contributed by atoms with Gasteiger partial charge in [-0.3, -0.25) is 14.9 Å². The first-order valence-electron chi connectivity index (χ1n) is 9.58. The summed E-state index contributed by atoms with van der Waals surface area (Å²) in [6.07, 6.45) is 1.38. The number of aromatic nitrogens is 3. The minimum absolute atomic E-state index is 0.0452. The molecule has 11 nitrogen and oxygen atoms in total. The average molecular weight is 436 g/mol. The Hall–Kier alpha value is -4.41. The van der Waals surface area contributed by atoms with Crippen LogP contribution >= 0.6 is 0 Å². The second-order valence-electron chi connectivity index (χ2n) is 6.96. The van der Waals surface area contributed by atoms with Crippen molar-refractivity contribution < 1.29 is 19.2 Å². The smallest absolute Gasteiger partial charge is 0.269 e. The lowest BCUT2D eigenvalue weighted by Crippen LogP contribution is -2.31. The number of nitro benzene ring substituents is 1. The number of methoxy groups -OCH3 is 2. The van der Waals surface area contributed by atoms with Gasteiger partial charge in [0.25, 0.3) is 11.6 Å². The Morgan fingerprint density at radius 2 is 1.94 bits per heavy atom. The number of carbonyl (C=O) groups is 1. The van der Waals surface area contributed by atoms with Crippen LogP contribution in [0, 0.1) is 10.1 Å². The summed E-state index contributed by atoms with van der Waals surface area (Å²) in [7, 11) is 3.04. The number of allylic oxidation sites excluding steroid dienone is 1. The molecule has 0 aliphatic carbocycles. The Balaban J connectivity index is 1.73. The van der Waals surface area contributed by atoms with E-state index in [0.29, 0.717) is 40.0 Å². The molecule has 0 bridgehead atoms. The van der Waals surface area contributed by atoms with E-state index in [4.69, 9.17) is 9.47 Å². The number of fused-ring (bicyclic) bond motifs is 1. The van der Waals surface area contributed by atoms with Crippen LogP contribution in [0.15, 0.2) is 60.1 Å². The van der Waals surface area contributed by atoms with Crippen molar-refractivity contribution in [1.82, 2.24) is 14.8 Å². The summed E-state index contributed by atoms with van der Waals surface area (Å²) in [5.41, 5.74) is 2.03. The van der Waals surface area contributed by atoms with Crippen LogP contribution in [0.4, 0.5) is 17.3 Å². The van der Waals surface area contributed by atoms with E-state index in [2.05, 4.69) is 20.7 Å². The molecule has 4 rings (SSSR count). The molecule has 0 unspecified atom stereocenters. The van der Waals surface area contributed by atoms with Crippen molar-refractivity contribution in [3.05, 3.63) is 75.7 Å². The summed E-state index contributed by atoms with van der Waals surface area (Å²) >= 11 is 0. The molecule has 2 N–H and O–H groups in total. The zero-order valence-electron chi connectivity index (χ0n) is 17.5. The molecule has 164 valence electrons. The lowest BCUT2D eigenvalue weighted by atomic mass is 9.95. The van der Waals surface area contributed by atoms with Gasteiger partial charge in [0, 0.05) is 23.9 Å². The first kappa shape index (κ1) is 20.8. The van der Waals surface area contributed by atoms with Gasteiger partial charge < -0.3 is 20.1 Å². The van der Waals surface area contributed by atoms with E-state index in [1.807, 2.05) is 0 Å². The summed E-state index contributed by atoms with van der Waals surface area (Å²) in [6, 6.07) is 10.4. The zero-order chi connectivity index (χ0) is 22.8. The molecule has 1 aliphatic heterocycles.